The van der Waals surface area contributed by atoms with E-state index in [1.54, 1.807) is 38.1 Å². The fraction of sp³-hybridized carbons (Fsp3) is 0.345. The Balaban J connectivity index is 0.000000202. The number of halogens is 6. The highest BCUT2D eigenvalue weighted by Crippen LogP contribution is 2.55. The summed E-state index contributed by atoms with van der Waals surface area (Å²) in [6, 6.07) is 27.3. The van der Waals surface area contributed by atoms with Crippen molar-refractivity contribution in [3.8, 4) is 45.3 Å². The molecule has 84 heavy (non-hydrogen) atoms. The van der Waals surface area contributed by atoms with Gasteiger partial charge in [-0.3, -0.25) is 18.2 Å². The lowest BCUT2D eigenvalue weighted by atomic mass is 9.57. The van der Waals surface area contributed by atoms with Gasteiger partial charge >= 0.3 is 25.2 Å². The molecule has 6 N–H and O–H groups in total. The van der Waals surface area contributed by atoms with Crippen LogP contribution < -0.4 is 27.6 Å². The van der Waals surface area contributed by atoms with Crippen LogP contribution in [0.4, 0.5) is 37.7 Å². The van der Waals surface area contributed by atoms with E-state index in [0.717, 1.165) is 32.9 Å². The SMILES string of the molecule is Cc1cccc(S(=O)(=O)N2C[C@H](CC3(C(=O)O)CC(O)(CO)C3)Oc3ccc(-c4cc(F)cc(OC(F)F)c4)cc32)c1.Cc1cccc(S(=O)(=O)N2C[C@H](CC3(C(=O)O)CC(O)(CO)C3)Oc3ccc(-c4cc(F)cc(OC(F)F)c4)cc32)c1. The van der Waals surface area contributed by atoms with Crippen molar-refractivity contribution in [2.45, 2.75) is 98.8 Å². The first-order chi connectivity index (χ1) is 39.5. The van der Waals surface area contributed by atoms with Crippen LogP contribution in [0.15, 0.2) is 131 Å². The van der Waals surface area contributed by atoms with E-state index < -0.39 is 116 Å². The van der Waals surface area contributed by atoms with Crippen molar-refractivity contribution in [1.82, 2.24) is 0 Å². The summed E-state index contributed by atoms with van der Waals surface area (Å²) in [7, 11) is -8.47. The Bertz CT molecular complexity index is 3490. The number of ether oxygens (including phenoxy) is 4. The highest BCUT2D eigenvalue weighted by molar-refractivity contribution is 7.93. The normalized spacial score (nSPS) is 23.6. The average Bonchev–Trinajstić information content (AvgIpc) is 2.84. The zero-order valence-corrected chi connectivity index (χ0v) is 46.3. The van der Waals surface area contributed by atoms with Gasteiger partial charge in [-0.05, 0) is 146 Å². The molecule has 4 aliphatic rings. The Kier molecular flexibility index (Phi) is 16.8. The van der Waals surface area contributed by atoms with Crippen molar-refractivity contribution in [1.29, 1.82) is 0 Å². The fourth-order valence-corrected chi connectivity index (χ4v) is 14.7. The van der Waals surface area contributed by atoms with Gasteiger partial charge in [-0.25, -0.2) is 25.6 Å². The van der Waals surface area contributed by atoms with Crippen LogP contribution in [0, 0.1) is 36.3 Å². The van der Waals surface area contributed by atoms with Gasteiger partial charge < -0.3 is 49.6 Å². The molecule has 6 aromatic carbocycles. The molecule has 18 nitrogen and oxygen atoms in total. The molecule has 2 heterocycles. The number of carboxylic acids is 2. The lowest BCUT2D eigenvalue weighted by molar-refractivity contribution is -0.194. The molecular formula is C58H56F6N2O16S2. The predicted octanol–water partition coefficient (Wildman–Crippen LogP) is 8.67. The molecule has 2 saturated carbocycles. The van der Waals surface area contributed by atoms with E-state index in [2.05, 4.69) is 9.47 Å². The number of sulfonamides is 2. The molecule has 0 bridgehead atoms. The lowest BCUT2D eigenvalue weighted by Crippen LogP contribution is -2.60. The average molecular weight is 1220 g/mol. The Morgan fingerprint density at radius 2 is 0.929 bits per heavy atom. The first-order valence-electron chi connectivity index (χ1n) is 25.9. The molecule has 0 aromatic heterocycles. The van der Waals surface area contributed by atoms with Crippen LogP contribution in [-0.4, -0.2) is 122 Å². The topological polar surface area (TPSA) is 267 Å². The molecule has 0 unspecified atom stereocenters. The molecule has 0 amide bonds. The van der Waals surface area contributed by atoms with Crippen molar-refractivity contribution in [3.05, 3.63) is 144 Å². The lowest BCUT2D eigenvalue weighted by Gasteiger charge is -2.51. The van der Waals surface area contributed by atoms with Gasteiger partial charge in [0.15, 0.2) is 0 Å². The third kappa shape index (κ3) is 12.6. The summed E-state index contributed by atoms with van der Waals surface area (Å²) in [6.07, 6.45) is -3.11. The molecule has 2 fully saturated rings. The van der Waals surface area contributed by atoms with Gasteiger partial charge in [-0.1, -0.05) is 36.4 Å². The third-order valence-corrected chi connectivity index (χ3v) is 18.8. The van der Waals surface area contributed by atoms with E-state index in [9.17, 15) is 83.4 Å². The number of aryl methyl sites for hydroxylation is 2. The zero-order valence-electron chi connectivity index (χ0n) is 44.7. The number of aliphatic carboxylic acids is 2. The number of rotatable bonds is 18. The molecule has 0 saturated heterocycles. The molecule has 6 aromatic rings. The predicted molar refractivity (Wildman–Crippen MR) is 289 cm³/mol. The minimum atomic E-state index is -4.24. The van der Waals surface area contributed by atoms with Crippen LogP contribution in [0.3, 0.4) is 0 Å². The van der Waals surface area contributed by atoms with Crippen LogP contribution in [0.2, 0.25) is 0 Å². The number of hydrogen-bond donors (Lipinski definition) is 6. The van der Waals surface area contributed by atoms with Crippen LogP contribution in [0.1, 0.15) is 49.7 Å². The van der Waals surface area contributed by atoms with Crippen molar-refractivity contribution in [3.63, 3.8) is 0 Å². The minimum Gasteiger partial charge on any atom is -0.486 e. The van der Waals surface area contributed by atoms with Crippen molar-refractivity contribution >= 4 is 43.4 Å². The molecule has 2 aliphatic heterocycles. The summed E-state index contributed by atoms with van der Waals surface area (Å²) in [5.41, 5.74) is -3.60. The summed E-state index contributed by atoms with van der Waals surface area (Å²) in [5, 5.41) is 59.5. The van der Waals surface area contributed by atoms with Crippen LogP contribution in [0.5, 0.6) is 23.0 Å². The number of aliphatic hydroxyl groups excluding tert-OH is 2. The monoisotopic (exact) mass is 1210 g/mol. The number of benzene rings is 6. The maximum atomic E-state index is 14.3. The molecule has 26 heteroatoms. The first kappa shape index (κ1) is 61.0. The fourth-order valence-electron chi connectivity index (χ4n) is 11.5. The van der Waals surface area contributed by atoms with Gasteiger partial charge in [0.05, 0.1) is 69.5 Å². The standard InChI is InChI=1S/2C29H28F3NO8S/c2*1-17-3-2-4-23(7-17)42(38,39)33-13-22(12-28(26(35)36)14-29(37,15-28)16-34)40-25-6-5-18(10-24(25)33)19-8-20(30)11-21(9-19)41-27(31)32/h2*2-11,22,27,34,37H,12-16H2,1H3,(H,35,36)/t2*22-,28?,29?/m00/s1. The summed E-state index contributed by atoms with van der Waals surface area (Å²) >= 11 is 0. The number of fused-ring (bicyclic) bond motifs is 2. The van der Waals surface area contributed by atoms with Gasteiger partial charge in [0.2, 0.25) is 0 Å². The summed E-state index contributed by atoms with van der Waals surface area (Å²) in [6.45, 7) is -4.71. The number of carboxylic acid groups (broad SMARTS) is 2. The van der Waals surface area contributed by atoms with E-state index in [1.165, 1.54) is 72.8 Å². The molecule has 2 aliphatic carbocycles. The Morgan fingerprint density at radius 1 is 0.560 bits per heavy atom. The largest absolute Gasteiger partial charge is 0.486 e. The first-order valence-corrected chi connectivity index (χ1v) is 28.8. The van der Waals surface area contributed by atoms with E-state index in [-0.39, 0.29) is 107 Å². The van der Waals surface area contributed by atoms with E-state index in [1.807, 2.05) is 0 Å². The third-order valence-electron chi connectivity index (χ3n) is 15.2. The van der Waals surface area contributed by atoms with Gasteiger partial charge in [0.1, 0.15) is 46.8 Å². The second-order valence-electron chi connectivity index (χ2n) is 21.7. The van der Waals surface area contributed by atoms with Crippen molar-refractivity contribution in [2.24, 2.45) is 10.8 Å². The minimum absolute atomic E-state index is 0.0240. The van der Waals surface area contributed by atoms with Crippen LogP contribution in [0.25, 0.3) is 22.3 Å². The van der Waals surface area contributed by atoms with Gasteiger partial charge in [-0.2, -0.15) is 17.6 Å². The van der Waals surface area contributed by atoms with Gasteiger partial charge in [0, 0.05) is 25.0 Å². The zero-order chi connectivity index (χ0) is 60.9. The number of hydrogen-bond acceptors (Lipinski definition) is 14. The smallest absolute Gasteiger partial charge is 0.387 e. The molecule has 0 spiro atoms. The highest BCUT2D eigenvalue weighted by atomic mass is 32.2. The van der Waals surface area contributed by atoms with E-state index in [4.69, 9.17) is 9.47 Å². The Hall–Kier alpha value is -7.62. The molecule has 2 atom stereocenters. The summed E-state index contributed by atoms with van der Waals surface area (Å²) in [5.74, 6) is -4.72. The van der Waals surface area contributed by atoms with Crippen LogP contribution >= 0.6 is 0 Å². The van der Waals surface area contributed by atoms with Crippen molar-refractivity contribution < 1.29 is 102 Å². The number of aliphatic hydroxyl groups is 4. The van der Waals surface area contributed by atoms with Crippen molar-refractivity contribution in [2.75, 3.05) is 34.9 Å². The second kappa shape index (κ2) is 23.1. The van der Waals surface area contributed by atoms with Gasteiger partial charge in [-0.15, -0.1) is 0 Å². The Labute approximate surface area is 477 Å². The maximum Gasteiger partial charge on any atom is 0.387 e. The number of nitrogens with zero attached hydrogens (tertiary/aromatic N) is 2. The summed E-state index contributed by atoms with van der Waals surface area (Å²) < 4.78 is 159. The van der Waals surface area contributed by atoms with E-state index in [0.29, 0.717) is 11.1 Å². The highest BCUT2D eigenvalue weighted by Gasteiger charge is 2.61. The number of alkyl halides is 4. The molecule has 10 rings (SSSR count). The Morgan fingerprint density at radius 3 is 1.25 bits per heavy atom. The number of anilines is 2. The van der Waals surface area contributed by atoms with Crippen LogP contribution in [-0.2, 0) is 29.6 Å². The molecular weight excluding hydrogens is 1160 g/mol. The number of carbonyl (C=O) groups is 2. The quantitative estimate of drug-likeness (QED) is 0.0440. The van der Waals surface area contributed by atoms with Gasteiger partial charge in [0.25, 0.3) is 20.0 Å². The maximum absolute atomic E-state index is 14.3. The summed E-state index contributed by atoms with van der Waals surface area (Å²) in [4.78, 5) is 24.4. The molecule has 448 valence electrons. The molecule has 0 radical (unpaired) electrons. The second-order valence-corrected chi connectivity index (χ2v) is 25.4. The van der Waals surface area contributed by atoms with E-state index >= 15 is 0 Å².